The third-order valence-corrected chi connectivity index (χ3v) is 6.46. The zero-order valence-corrected chi connectivity index (χ0v) is 20.0. The third kappa shape index (κ3) is 6.63. The van der Waals surface area contributed by atoms with E-state index in [0.717, 1.165) is 11.3 Å². The van der Waals surface area contributed by atoms with Gasteiger partial charge in [0.2, 0.25) is 0 Å². The normalized spacial score (nSPS) is 12.0. The molecule has 3 aromatic rings. The smallest absolute Gasteiger partial charge is 0.261 e. The second-order valence-electron chi connectivity index (χ2n) is 7.47. The predicted octanol–water partition coefficient (Wildman–Crippen LogP) is 4.66. The number of anilines is 1. The van der Waals surface area contributed by atoms with E-state index in [4.69, 9.17) is 21.1 Å². The summed E-state index contributed by atoms with van der Waals surface area (Å²) in [5.74, 6) is 0.917. The molecule has 1 atom stereocenters. The van der Waals surface area contributed by atoms with Crippen molar-refractivity contribution in [2.45, 2.75) is 24.8 Å². The highest BCUT2D eigenvalue weighted by Crippen LogP contribution is 2.23. The number of amides is 1. The molecule has 0 aromatic heterocycles. The van der Waals surface area contributed by atoms with Gasteiger partial charge in [-0.2, -0.15) is 0 Å². The Kier molecular flexibility index (Phi) is 7.84. The van der Waals surface area contributed by atoms with Gasteiger partial charge in [0.25, 0.3) is 15.9 Å². The number of benzene rings is 3. The monoisotopic (exact) mass is 488 g/mol. The molecule has 9 heteroatoms. The molecule has 0 aliphatic rings. The van der Waals surface area contributed by atoms with E-state index < -0.39 is 15.9 Å². The lowest BCUT2D eigenvalue weighted by Crippen LogP contribution is -2.37. The van der Waals surface area contributed by atoms with Gasteiger partial charge in [-0.05, 0) is 68.4 Å². The zero-order chi connectivity index (χ0) is 24.0. The largest absolute Gasteiger partial charge is 0.497 e. The van der Waals surface area contributed by atoms with E-state index in [2.05, 4.69) is 10.0 Å². The quantitative estimate of drug-likeness (QED) is 0.457. The maximum absolute atomic E-state index is 12.8. The first-order chi connectivity index (χ1) is 15.7. The van der Waals surface area contributed by atoms with Gasteiger partial charge in [-0.1, -0.05) is 29.3 Å². The SMILES string of the molecule is COc1ccc(OCC(C)NC(=O)c2cc(NS(=O)(=O)c3ccc(C)cc3)ccc2Cl)cc1. The van der Waals surface area contributed by atoms with Crippen molar-refractivity contribution in [2.75, 3.05) is 18.4 Å². The highest BCUT2D eigenvalue weighted by molar-refractivity contribution is 7.92. The topological polar surface area (TPSA) is 93.7 Å². The summed E-state index contributed by atoms with van der Waals surface area (Å²) >= 11 is 6.20. The number of hydrogen-bond donors (Lipinski definition) is 2. The second-order valence-corrected chi connectivity index (χ2v) is 9.56. The molecule has 3 rings (SSSR count). The first kappa shape index (κ1) is 24.4. The molecule has 0 saturated heterocycles. The molecule has 0 saturated carbocycles. The molecule has 0 radical (unpaired) electrons. The van der Waals surface area contributed by atoms with E-state index >= 15 is 0 Å². The summed E-state index contributed by atoms with van der Waals surface area (Å²) in [5.41, 5.74) is 1.33. The van der Waals surface area contributed by atoms with E-state index in [9.17, 15) is 13.2 Å². The van der Waals surface area contributed by atoms with Crippen LogP contribution in [0.1, 0.15) is 22.8 Å². The number of carbonyl (C=O) groups is 1. The minimum atomic E-state index is -3.81. The Labute approximate surface area is 198 Å². The van der Waals surface area contributed by atoms with Crippen LogP contribution >= 0.6 is 11.6 Å². The highest BCUT2D eigenvalue weighted by Gasteiger charge is 2.18. The second kappa shape index (κ2) is 10.6. The van der Waals surface area contributed by atoms with Crippen LogP contribution in [0.15, 0.2) is 71.6 Å². The molecule has 2 N–H and O–H groups in total. The van der Waals surface area contributed by atoms with Crippen molar-refractivity contribution >= 4 is 33.2 Å². The van der Waals surface area contributed by atoms with Gasteiger partial charge in [-0.15, -0.1) is 0 Å². The summed E-state index contributed by atoms with van der Waals surface area (Å²) in [7, 11) is -2.22. The maximum atomic E-state index is 12.8. The van der Waals surface area contributed by atoms with Crippen molar-refractivity contribution in [1.29, 1.82) is 0 Å². The number of halogens is 1. The fraction of sp³-hybridized carbons (Fsp3) is 0.208. The molecule has 0 fully saturated rings. The summed E-state index contributed by atoms with van der Waals surface area (Å²) in [6.07, 6.45) is 0. The highest BCUT2D eigenvalue weighted by atomic mass is 35.5. The molecule has 0 aliphatic heterocycles. The number of carbonyl (C=O) groups excluding carboxylic acids is 1. The third-order valence-electron chi connectivity index (χ3n) is 4.73. The number of methoxy groups -OCH3 is 1. The van der Waals surface area contributed by atoms with Crippen molar-refractivity contribution in [3.05, 3.63) is 82.9 Å². The van der Waals surface area contributed by atoms with Gasteiger partial charge in [0.05, 0.1) is 28.6 Å². The fourth-order valence-electron chi connectivity index (χ4n) is 2.93. The molecular formula is C24H25ClN2O5S. The van der Waals surface area contributed by atoms with Crippen molar-refractivity contribution < 1.29 is 22.7 Å². The van der Waals surface area contributed by atoms with E-state index in [1.807, 2.05) is 6.92 Å². The van der Waals surface area contributed by atoms with Gasteiger partial charge < -0.3 is 14.8 Å². The Morgan fingerprint density at radius 2 is 1.64 bits per heavy atom. The molecule has 3 aromatic carbocycles. The number of hydrogen-bond acceptors (Lipinski definition) is 5. The summed E-state index contributed by atoms with van der Waals surface area (Å²) in [6.45, 7) is 3.89. The van der Waals surface area contributed by atoms with E-state index in [1.54, 1.807) is 50.4 Å². The molecule has 0 spiro atoms. The van der Waals surface area contributed by atoms with Gasteiger partial charge in [-0.25, -0.2) is 8.42 Å². The predicted molar refractivity (Wildman–Crippen MR) is 129 cm³/mol. The van der Waals surface area contributed by atoms with Crippen LogP contribution in [0.25, 0.3) is 0 Å². The van der Waals surface area contributed by atoms with Gasteiger partial charge in [0.1, 0.15) is 18.1 Å². The average Bonchev–Trinajstić information content (AvgIpc) is 2.79. The van der Waals surface area contributed by atoms with Gasteiger partial charge in [0.15, 0.2) is 0 Å². The molecule has 174 valence electrons. The summed E-state index contributed by atoms with van der Waals surface area (Å²) < 4.78 is 38.6. The molecule has 7 nitrogen and oxygen atoms in total. The summed E-state index contributed by atoms with van der Waals surface area (Å²) in [4.78, 5) is 12.9. The number of ether oxygens (including phenoxy) is 2. The number of nitrogens with one attached hydrogen (secondary N) is 2. The lowest BCUT2D eigenvalue weighted by atomic mass is 10.2. The van der Waals surface area contributed by atoms with Crippen molar-refractivity contribution in [2.24, 2.45) is 0 Å². The molecule has 1 unspecified atom stereocenters. The van der Waals surface area contributed by atoms with E-state index in [1.165, 1.54) is 30.3 Å². The zero-order valence-electron chi connectivity index (χ0n) is 18.5. The molecule has 0 bridgehead atoms. The standard InChI is InChI=1S/C24H25ClN2O5S/c1-16-4-11-21(12-5-16)33(29,30)27-18-6-13-23(25)22(14-18)24(28)26-17(2)15-32-20-9-7-19(31-3)8-10-20/h4-14,17,27H,15H2,1-3H3,(H,26,28). The Bertz CT molecular complexity index is 1210. The number of aryl methyl sites for hydroxylation is 1. The number of sulfonamides is 1. The van der Waals surface area contributed by atoms with Gasteiger partial charge in [0, 0.05) is 5.69 Å². The van der Waals surface area contributed by atoms with Crippen molar-refractivity contribution in [3.63, 3.8) is 0 Å². The van der Waals surface area contributed by atoms with E-state index in [-0.39, 0.29) is 33.8 Å². The molecule has 33 heavy (non-hydrogen) atoms. The van der Waals surface area contributed by atoms with Crippen LogP contribution < -0.4 is 19.5 Å². The Morgan fingerprint density at radius 1 is 1.00 bits per heavy atom. The summed E-state index contributed by atoms with van der Waals surface area (Å²) in [5, 5.41) is 3.01. The first-order valence-electron chi connectivity index (χ1n) is 10.1. The maximum Gasteiger partial charge on any atom is 0.261 e. The van der Waals surface area contributed by atoms with Crippen LogP contribution in [-0.2, 0) is 10.0 Å². The minimum Gasteiger partial charge on any atom is -0.497 e. The van der Waals surface area contributed by atoms with Crippen LogP contribution in [0.2, 0.25) is 5.02 Å². The van der Waals surface area contributed by atoms with Crippen LogP contribution in [0.3, 0.4) is 0 Å². The van der Waals surface area contributed by atoms with Crippen LogP contribution in [0.5, 0.6) is 11.5 Å². The van der Waals surface area contributed by atoms with Crippen LogP contribution in [0, 0.1) is 6.92 Å². The Hall–Kier alpha value is -3.23. The average molecular weight is 489 g/mol. The Balaban J connectivity index is 1.65. The molecule has 0 heterocycles. The molecule has 1 amide bonds. The summed E-state index contributed by atoms with van der Waals surface area (Å²) in [6, 6.07) is 17.6. The Morgan fingerprint density at radius 3 is 2.27 bits per heavy atom. The van der Waals surface area contributed by atoms with Crippen LogP contribution in [-0.4, -0.2) is 34.1 Å². The van der Waals surface area contributed by atoms with E-state index in [0.29, 0.717) is 5.75 Å². The van der Waals surface area contributed by atoms with Crippen LogP contribution in [0.4, 0.5) is 5.69 Å². The van der Waals surface area contributed by atoms with Gasteiger partial charge >= 0.3 is 0 Å². The number of rotatable bonds is 9. The lowest BCUT2D eigenvalue weighted by molar-refractivity contribution is 0.0927. The minimum absolute atomic E-state index is 0.123. The molecule has 0 aliphatic carbocycles. The van der Waals surface area contributed by atoms with Crippen molar-refractivity contribution in [3.8, 4) is 11.5 Å². The van der Waals surface area contributed by atoms with Gasteiger partial charge in [-0.3, -0.25) is 9.52 Å². The first-order valence-corrected chi connectivity index (χ1v) is 12.0. The molecular weight excluding hydrogens is 464 g/mol. The van der Waals surface area contributed by atoms with Crippen molar-refractivity contribution in [1.82, 2.24) is 5.32 Å². The lowest BCUT2D eigenvalue weighted by Gasteiger charge is -2.16. The fourth-order valence-corrected chi connectivity index (χ4v) is 4.18.